The Morgan fingerprint density at radius 3 is 2.90 bits per heavy atom. The van der Waals surface area contributed by atoms with E-state index in [1.54, 1.807) is 0 Å². The van der Waals surface area contributed by atoms with Crippen LogP contribution < -0.4 is 0 Å². The second kappa shape index (κ2) is 1.95. The van der Waals surface area contributed by atoms with Gasteiger partial charge in [-0.25, -0.2) is 0 Å². The van der Waals surface area contributed by atoms with Crippen LogP contribution in [0.5, 0.6) is 5.06 Å². The molecule has 0 atom stereocenters. The molecule has 1 aromatic heterocycles. The zero-order chi connectivity index (χ0) is 6.97. The Bertz CT molecular complexity index is 355. The third kappa shape index (κ3) is 0.675. The van der Waals surface area contributed by atoms with Crippen LogP contribution in [0.25, 0.3) is 10.9 Å². The van der Waals surface area contributed by atoms with E-state index in [1.165, 1.54) is 0 Å². The maximum absolute atomic E-state index is 9.17. The number of benzene rings is 1. The number of hydrogen-bond donors (Lipinski definition) is 1. The summed E-state index contributed by atoms with van der Waals surface area (Å²) in [5.41, 5.74) is 0.866. The van der Waals surface area contributed by atoms with Gasteiger partial charge < -0.3 is 5.11 Å². The minimum absolute atomic E-state index is 0.301. The zero-order valence-electron chi connectivity index (χ0n) is 5.11. The number of aromatic hydroxyl groups is 1. The molecule has 0 saturated carbocycles. The van der Waals surface area contributed by atoms with Crippen LogP contribution >= 0.6 is 11.5 Å². The van der Waals surface area contributed by atoms with Gasteiger partial charge in [0.2, 0.25) is 0 Å². The van der Waals surface area contributed by atoms with Gasteiger partial charge in [-0.15, -0.1) is 0 Å². The lowest BCUT2D eigenvalue weighted by molar-refractivity contribution is 0.496. The number of nitrogens with zero attached hydrogens (tertiary/aromatic N) is 1. The van der Waals surface area contributed by atoms with E-state index >= 15 is 0 Å². The summed E-state index contributed by atoms with van der Waals surface area (Å²) in [4.78, 5) is 0. The molecule has 0 aliphatic heterocycles. The van der Waals surface area contributed by atoms with E-state index in [-0.39, 0.29) is 0 Å². The smallest absolute Gasteiger partial charge is 0.198 e. The molecule has 2 aromatic rings. The Kier molecular flexibility index (Phi) is 1.11. The van der Waals surface area contributed by atoms with E-state index in [9.17, 15) is 0 Å². The maximum Gasteiger partial charge on any atom is 0.198 e. The van der Waals surface area contributed by atoms with Crippen molar-refractivity contribution in [2.45, 2.75) is 0 Å². The van der Waals surface area contributed by atoms with Gasteiger partial charge in [-0.1, -0.05) is 12.1 Å². The van der Waals surface area contributed by atoms with Gasteiger partial charge in [-0.05, 0) is 12.1 Å². The summed E-state index contributed by atoms with van der Waals surface area (Å²) in [6.45, 7) is 0. The zero-order valence-corrected chi connectivity index (χ0v) is 5.93. The third-order valence-corrected chi connectivity index (χ3v) is 2.05. The molecule has 0 radical (unpaired) electrons. The van der Waals surface area contributed by atoms with Gasteiger partial charge in [0, 0.05) is 11.5 Å². The van der Waals surface area contributed by atoms with Crippen molar-refractivity contribution in [1.29, 1.82) is 0 Å². The Labute approximate surface area is 61.9 Å². The lowest BCUT2D eigenvalue weighted by atomic mass is 10.3. The molecule has 1 heterocycles. The van der Waals surface area contributed by atoms with Crippen LogP contribution in [0.3, 0.4) is 0 Å². The van der Waals surface area contributed by atoms with Crippen molar-refractivity contribution in [2.75, 3.05) is 0 Å². The van der Waals surface area contributed by atoms with Crippen molar-refractivity contribution in [1.82, 2.24) is 4.37 Å². The molecule has 0 fully saturated rings. The minimum Gasteiger partial charge on any atom is -0.498 e. The molecule has 0 bridgehead atoms. The Morgan fingerprint density at radius 2 is 2.10 bits per heavy atom. The lowest BCUT2D eigenvalue weighted by Gasteiger charge is -1.83. The van der Waals surface area contributed by atoms with Gasteiger partial charge in [-0.2, -0.15) is 4.37 Å². The van der Waals surface area contributed by atoms with E-state index in [1.807, 2.05) is 24.3 Å². The first kappa shape index (κ1) is 5.68. The second-order valence-electron chi connectivity index (χ2n) is 2.00. The first-order valence-corrected chi connectivity index (χ1v) is 3.68. The fourth-order valence-electron chi connectivity index (χ4n) is 0.876. The fourth-order valence-corrected chi connectivity index (χ4v) is 1.49. The Hall–Kier alpha value is -1.09. The molecule has 0 aliphatic rings. The molecular formula is C7H5NOS. The van der Waals surface area contributed by atoms with E-state index in [4.69, 9.17) is 5.11 Å². The standard InChI is InChI=1S/C7H5NOS/c9-7-5-3-1-2-4-6(5)8-10-7/h1-4,9H. The van der Waals surface area contributed by atoms with Crippen molar-refractivity contribution >= 4 is 22.4 Å². The summed E-state index contributed by atoms with van der Waals surface area (Å²) in [6.07, 6.45) is 0. The molecule has 2 rings (SSSR count). The van der Waals surface area contributed by atoms with Crippen molar-refractivity contribution in [3.05, 3.63) is 24.3 Å². The highest BCUT2D eigenvalue weighted by Gasteiger charge is 2.00. The number of fused-ring (bicyclic) bond motifs is 1. The summed E-state index contributed by atoms with van der Waals surface area (Å²) in [6, 6.07) is 7.53. The molecule has 10 heavy (non-hydrogen) atoms. The average Bonchev–Trinajstić information content (AvgIpc) is 2.34. The third-order valence-electron chi connectivity index (χ3n) is 1.36. The fraction of sp³-hybridized carbons (Fsp3) is 0. The van der Waals surface area contributed by atoms with Crippen LogP contribution in [0.2, 0.25) is 0 Å². The van der Waals surface area contributed by atoms with E-state index < -0.39 is 0 Å². The predicted molar refractivity (Wildman–Crippen MR) is 41.3 cm³/mol. The Morgan fingerprint density at radius 1 is 1.30 bits per heavy atom. The SMILES string of the molecule is Oc1snc2ccccc12. The van der Waals surface area contributed by atoms with Gasteiger partial charge >= 0.3 is 0 Å². The molecule has 0 amide bonds. The summed E-state index contributed by atoms with van der Waals surface area (Å²) < 4.78 is 4.01. The molecule has 0 unspecified atom stereocenters. The summed E-state index contributed by atoms with van der Waals surface area (Å²) >= 11 is 1.12. The van der Waals surface area contributed by atoms with Crippen molar-refractivity contribution < 1.29 is 5.11 Å². The lowest BCUT2D eigenvalue weighted by Crippen LogP contribution is -1.62. The van der Waals surface area contributed by atoms with Gasteiger partial charge in [0.1, 0.15) is 0 Å². The van der Waals surface area contributed by atoms with Crippen LogP contribution in [0, 0.1) is 0 Å². The molecule has 1 N–H and O–H groups in total. The molecule has 50 valence electrons. The molecule has 0 aliphatic carbocycles. The topological polar surface area (TPSA) is 33.1 Å². The molecule has 0 spiro atoms. The highest BCUT2D eigenvalue weighted by molar-refractivity contribution is 7.09. The van der Waals surface area contributed by atoms with Crippen LogP contribution in [0.1, 0.15) is 0 Å². The summed E-state index contributed by atoms with van der Waals surface area (Å²) in [5, 5.41) is 10.3. The number of hydrogen-bond acceptors (Lipinski definition) is 3. The monoisotopic (exact) mass is 151 g/mol. The number of aromatic nitrogens is 1. The van der Waals surface area contributed by atoms with Gasteiger partial charge in [0.25, 0.3) is 0 Å². The van der Waals surface area contributed by atoms with Crippen molar-refractivity contribution in [3.63, 3.8) is 0 Å². The summed E-state index contributed by atoms with van der Waals surface area (Å²) in [5.74, 6) is 0. The molecule has 0 saturated heterocycles. The largest absolute Gasteiger partial charge is 0.498 e. The minimum atomic E-state index is 0.301. The highest BCUT2D eigenvalue weighted by Crippen LogP contribution is 2.27. The van der Waals surface area contributed by atoms with Crippen molar-refractivity contribution in [2.24, 2.45) is 0 Å². The van der Waals surface area contributed by atoms with Crippen LogP contribution in [0.4, 0.5) is 0 Å². The van der Waals surface area contributed by atoms with E-state index in [2.05, 4.69) is 4.37 Å². The van der Waals surface area contributed by atoms with Crippen molar-refractivity contribution in [3.8, 4) is 5.06 Å². The van der Waals surface area contributed by atoms with Gasteiger partial charge in [0.05, 0.1) is 10.9 Å². The van der Waals surface area contributed by atoms with Crippen LogP contribution in [0.15, 0.2) is 24.3 Å². The van der Waals surface area contributed by atoms with Crippen LogP contribution in [-0.4, -0.2) is 9.48 Å². The highest BCUT2D eigenvalue weighted by atomic mass is 32.1. The number of rotatable bonds is 0. The predicted octanol–water partition coefficient (Wildman–Crippen LogP) is 2.00. The molecule has 2 nitrogen and oxygen atoms in total. The normalized spacial score (nSPS) is 10.4. The molecule has 1 aromatic carbocycles. The average molecular weight is 151 g/mol. The van der Waals surface area contributed by atoms with E-state index in [0.717, 1.165) is 22.4 Å². The van der Waals surface area contributed by atoms with Gasteiger partial charge in [-0.3, -0.25) is 0 Å². The molecule has 3 heteroatoms. The maximum atomic E-state index is 9.17. The second-order valence-corrected chi connectivity index (χ2v) is 2.76. The quantitative estimate of drug-likeness (QED) is 0.624. The van der Waals surface area contributed by atoms with E-state index in [0.29, 0.717) is 5.06 Å². The molecular weight excluding hydrogens is 146 g/mol. The van der Waals surface area contributed by atoms with Gasteiger partial charge in [0.15, 0.2) is 5.06 Å². The van der Waals surface area contributed by atoms with Crippen LogP contribution in [-0.2, 0) is 0 Å². The Balaban J connectivity index is 2.93. The first-order chi connectivity index (χ1) is 4.88. The summed E-state index contributed by atoms with van der Waals surface area (Å²) in [7, 11) is 0. The first-order valence-electron chi connectivity index (χ1n) is 2.91.